The SMILES string of the molecule is CC(C)CN(C1CCN(C(=O)[C@@H](Cc2ccc(Cl)cc2)NC(=O)C[C@@H](N)c2ccccc2C(F)(F)F)CC1)N1CCN(C)CC1. The van der Waals surface area contributed by atoms with Crippen LogP contribution in [0.2, 0.25) is 5.02 Å². The average Bonchev–Trinajstić information content (AvgIpc) is 3.00. The molecule has 0 saturated carbocycles. The number of nitrogens with two attached hydrogens (primary N) is 1. The maximum absolute atomic E-state index is 13.9. The molecule has 45 heavy (non-hydrogen) atoms. The third-order valence-electron chi connectivity index (χ3n) is 8.65. The van der Waals surface area contributed by atoms with E-state index < -0.39 is 36.2 Å². The molecule has 2 heterocycles. The van der Waals surface area contributed by atoms with E-state index >= 15 is 0 Å². The second kappa shape index (κ2) is 15.7. The molecular formula is C33H46ClF3N6O2. The fourth-order valence-corrected chi connectivity index (χ4v) is 6.35. The summed E-state index contributed by atoms with van der Waals surface area (Å²) in [6, 6.07) is 10.3. The Bertz CT molecular complexity index is 1260. The molecule has 2 aliphatic rings. The number of rotatable bonds is 11. The van der Waals surface area contributed by atoms with Crippen molar-refractivity contribution in [2.75, 3.05) is 52.9 Å². The van der Waals surface area contributed by atoms with Crippen molar-refractivity contribution in [3.63, 3.8) is 0 Å². The molecule has 248 valence electrons. The van der Waals surface area contributed by atoms with Crippen LogP contribution in [0.3, 0.4) is 0 Å². The van der Waals surface area contributed by atoms with Crippen LogP contribution in [-0.2, 0) is 22.2 Å². The first-order chi connectivity index (χ1) is 21.3. The third-order valence-corrected chi connectivity index (χ3v) is 8.90. The lowest BCUT2D eigenvalue weighted by atomic mass is 9.97. The number of likely N-dealkylation sites (N-methyl/N-ethyl adjacent to an activating group) is 1. The van der Waals surface area contributed by atoms with Crippen LogP contribution >= 0.6 is 11.6 Å². The van der Waals surface area contributed by atoms with E-state index in [-0.39, 0.29) is 17.9 Å². The zero-order valence-corrected chi connectivity index (χ0v) is 27.2. The molecule has 2 saturated heterocycles. The van der Waals surface area contributed by atoms with E-state index in [4.69, 9.17) is 17.3 Å². The van der Waals surface area contributed by atoms with Gasteiger partial charge in [-0.1, -0.05) is 55.8 Å². The van der Waals surface area contributed by atoms with Crippen molar-refractivity contribution in [2.45, 2.75) is 63.8 Å². The Morgan fingerprint density at radius 1 is 1.00 bits per heavy atom. The zero-order chi connectivity index (χ0) is 32.7. The number of likely N-dealkylation sites (tertiary alicyclic amines) is 1. The maximum Gasteiger partial charge on any atom is 0.416 e. The van der Waals surface area contributed by atoms with E-state index in [1.165, 1.54) is 18.2 Å². The lowest BCUT2D eigenvalue weighted by molar-refractivity contribution is -0.141. The van der Waals surface area contributed by atoms with Gasteiger partial charge in [0.1, 0.15) is 6.04 Å². The number of alkyl halides is 3. The Balaban J connectivity index is 1.44. The van der Waals surface area contributed by atoms with Gasteiger partial charge in [0.05, 0.1) is 5.56 Å². The van der Waals surface area contributed by atoms with Crippen molar-refractivity contribution in [1.29, 1.82) is 0 Å². The smallest absolute Gasteiger partial charge is 0.344 e. The van der Waals surface area contributed by atoms with Gasteiger partial charge in [0.15, 0.2) is 0 Å². The van der Waals surface area contributed by atoms with Gasteiger partial charge in [-0.25, -0.2) is 10.0 Å². The summed E-state index contributed by atoms with van der Waals surface area (Å²) in [5.74, 6) is -0.298. The van der Waals surface area contributed by atoms with Crippen LogP contribution in [0.25, 0.3) is 0 Å². The topological polar surface area (TPSA) is 85.1 Å². The van der Waals surface area contributed by atoms with Gasteiger partial charge < -0.3 is 20.9 Å². The first-order valence-electron chi connectivity index (χ1n) is 15.8. The van der Waals surface area contributed by atoms with Gasteiger partial charge in [0, 0.05) is 75.8 Å². The molecule has 2 aliphatic heterocycles. The van der Waals surface area contributed by atoms with Crippen LogP contribution in [0, 0.1) is 5.92 Å². The summed E-state index contributed by atoms with van der Waals surface area (Å²) >= 11 is 6.06. The van der Waals surface area contributed by atoms with E-state index in [2.05, 4.69) is 41.1 Å². The molecule has 4 rings (SSSR count). The van der Waals surface area contributed by atoms with Gasteiger partial charge in [-0.3, -0.25) is 9.59 Å². The molecule has 2 amide bonds. The summed E-state index contributed by atoms with van der Waals surface area (Å²) in [5, 5.41) is 8.32. The van der Waals surface area contributed by atoms with Gasteiger partial charge in [0.25, 0.3) is 0 Å². The van der Waals surface area contributed by atoms with E-state index in [1.807, 2.05) is 0 Å². The number of benzene rings is 2. The Hall–Kier alpha value is -2.70. The second-order valence-corrected chi connectivity index (χ2v) is 13.1. The standard InChI is InChI=1S/C33H46ClF3N6O2/c1-23(2)22-43(42-18-16-40(3)17-19-42)26-12-14-41(15-13-26)32(45)30(20-24-8-10-25(34)11-9-24)39-31(44)21-29(38)27-6-4-5-7-28(27)33(35,36)37/h4-11,23,26,29-30H,12-22,38H2,1-3H3,(H,39,44)/t29-,30-/m1/s1. The third kappa shape index (κ3) is 9.89. The Kier molecular flexibility index (Phi) is 12.3. The molecule has 0 radical (unpaired) electrons. The number of halogens is 4. The first kappa shape index (κ1) is 35.2. The van der Waals surface area contributed by atoms with Crippen LogP contribution in [0.4, 0.5) is 13.2 Å². The van der Waals surface area contributed by atoms with E-state index in [1.54, 1.807) is 29.2 Å². The number of nitrogens with zero attached hydrogens (tertiary/aromatic N) is 4. The van der Waals surface area contributed by atoms with E-state index in [9.17, 15) is 22.8 Å². The molecule has 2 atom stereocenters. The molecule has 12 heteroatoms. The van der Waals surface area contributed by atoms with Gasteiger partial charge in [-0.15, -0.1) is 0 Å². The van der Waals surface area contributed by atoms with E-state index in [0.29, 0.717) is 30.1 Å². The monoisotopic (exact) mass is 650 g/mol. The largest absolute Gasteiger partial charge is 0.416 e. The number of carbonyl (C=O) groups is 2. The summed E-state index contributed by atoms with van der Waals surface area (Å²) in [5.41, 5.74) is 5.90. The number of hydrogen-bond acceptors (Lipinski definition) is 6. The normalized spacial score (nSPS) is 18.8. The number of carbonyl (C=O) groups excluding carboxylic acids is 2. The molecule has 8 nitrogen and oxygen atoms in total. The number of amides is 2. The number of nitrogens with one attached hydrogen (secondary N) is 1. The molecule has 0 bridgehead atoms. The predicted molar refractivity (Wildman–Crippen MR) is 170 cm³/mol. The zero-order valence-electron chi connectivity index (χ0n) is 26.4. The van der Waals surface area contributed by atoms with E-state index in [0.717, 1.165) is 57.2 Å². The number of piperazine rings is 1. The Morgan fingerprint density at radius 2 is 1.62 bits per heavy atom. The average molecular weight is 651 g/mol. The highest BCUT2D eigenvalue weighted by Gasteiger charge is 2.36. The highest BCUT2D eigenvalue weighted by molar-refractivity contribution is 6.30. The van der Waals surface area contributed by atoms with Crippen LogP contribution in [0.5, 0.6) is 0 Å². The summed E-state index contributed by atoms with van der Waals surface area (Å²) in [7, 11) is 2.14. The summed E-state index contributed by atoms with van der Waals surface area (Å²) in [6.45, 7) is 10.5. The summed E-state index contributed by atoms with van der Waals surface area (Å²) in [4.78, 5) is 31.2. The quantitative estimate of drug-likeness (QED) is 0.370. The summed E-state index contributed by atoms with van der Waals surface area (Å²) in [6.07, 6.45) is -3.15. The molecular weight excluding hydrogens is 605 g/mol. The van der Waals surface area contributed by atoms with Gasteiger partial charge in [0.2, 0.25) is 11.8 Å². The molecule has 2 aromatic carbocycles. The highest BCUT2D eigenvalue weighted by atomic mass is 35.5. The minimum Gasteiger partial charge on any atom is -0.344 e. The minimum atomic E-state index is -4.60. The number of hydrazine groups is 1. The van der Waals surface area contributed by atoms with Crippen molar-refractivity contribution in [3.8, 4) is 0 Å². The molecule has 0 aliphatic carbocycles. The minimum absolute atomic E-state index is 0.158. The van der Waals surface area contributed by atoms with Crippen LogP contribution in [0.1, 0.15) is 55.8 Å². The van der Waals surface area contributed by atoms with Gasteiger partial charge in [-0.05, 0) is 55.1 Å². The lowest BCUT2D eigenvalue weighted by Gasteiger charge is -2.47. The lowest BCUT2D eigenvalue weighted by Crippen LogP contribution is -2.60. The molecule has 0 unspecified atom stereocenters. The molecule has 3 N–H and O–H groups in total. The van der Waals surface area contributed by atoms with Crippen molar-refractivity contribution >= 4 is 23.4 Å². The van der Waals surface area contributed by atoms with Crippen molar-refractivity contribution in [2.24, 2.45) is 11.7 Å². The molecule has 2 fully saturated rings. The van der Waals surface area contributed by atoms with Gasteiger partial charge >= 0.3 is 6.18 Å². The maximum atomic E-state index is 13.9. The fraction of sp³-hybridized carbons (Fsp3) is 0.576. The molecule has 0 spiro atoms. The summed E-state index contributed by atoms with van der Waals surface area (Å²) < 4.78 is 40.7. The van der Waals surface area contributed by atoms with Crippen molar-refractivity contribution in [3.05, 3.63) is 70.2 Å². The van der Waals surface area contributed by atoms with Crippen molar-refractivity contribution < 1.29 is 22.8 Å². The fourth-order valence-electron chi connectivity index (χ4n) is 6.22. The number of hydrogen-bond donors (Lipinski definition) is 2. The second-order valence-electron chi connectivity index (χ2n) is 12.7. The van der Waals surface area contributed by atoms with Crippen LogP contribution in [-0.4, -0.2) is 96.6 Å². The molecule has 0 aromatic heterocycles. The number of piperidine rings is 1. The molecule has 2 aromatic rings. The highest BCUT2D eigenvalue weighted by Crippen LogP contribution is 2.34. The van der Waals surface area contributed by atoms with Crippen molar-refractivity contribution in [1.82, 2.24) is 25.1 Å². The predicted octanol–water partition coefficient (Wildman–Crippen LogP) is 4.59. The van der Waals surface area contributed by atoms with Crippen LogP contribution in [0.15, 0.2) is 48.5 Å². The first-order valence-corrected chi connectivity index (χ1v) is 16.1. The van der Waals surface area contributed by atoms with Gasteiger partial charge in [-0.2, -0.15) is 13.2 Å². The Labute approximate surface area is 269 Å². The van der Waals surface area contributed by atoms with Crippen LogP contribution < -0.4 is 11.1 Å². The Morgan fingerprint density at radius 3 is 2.22 bits per heavy atom.